The topological polar surface area (TPSA) is 100.0 Å². The fourth-order valence-electron chi connectivity index (χ4n) is 3.84. The Morgan fingerprint density at radius 2 is 2.06 bits per heavy atom. The lowest BCUT2D eigenvalue weighted by Crippen LogP contribution is -2.42. The molecule has 0 saturated heterocycles. The molecular formula is C25H31N3O4S. The molecule has 0 spiro atoms. The van der Waals surface area contributed by atoms with Crippen LogP contribution in [0.4, 0.5) is 0 Å². The molecule has 2 N–H and O–H groups in total. The van der Waals surface area contributed by atoms with Gasteiger partial charge in [0, 0.05) is 34.7 Å². The van der Waals surface area contributed by atoms with Gasteiger partial charge in [-0.2, -0.15) is 0 Å². The van der Waals surface area contributed by atoms with Gasteiger partial charge in [0.05, 0.1) is 24.8 Å². The van der Waals surface area contributed by atoms with Gasteiger partial charge in [0.15, 0.2) is 0 Å². The molecule has 0 fully saturated rings. The zero-order valence-corrected chi connectivity index (χ0v) is 20.6. The summed E-state index contributed by atoms with van der Waals surface area (Å²) in [6, 6.07) is 8.78. The van der Waals surface area contributed by atoms with Crippen LogP contribution >= 0.6 is 0 Å². The maximum absolute atomic E-state index is 13.3. The van der Waals surface area contributed by atoms with Gasteiger partial charge in [-0.15, -0.1) is 4.31 Å². The molecule has 0 unspecified atom stereocenters. The Morgan fingerprint density at radius 3 is 2.67 bits per heavy atom. The maximum atomic E-state index is 13.3. The Bertz CT molecular complexity index is 1090. The van der Waals surface area contributed by atoms with Crippen molar-refractivity contribution in [2.75, 3.05) is 27.2 Å². The smallest absolute Gasteiger partial charge is 0.354 e. The number of carboxylic acid groups (broad SMARTS) is 1. The largest absolute Gasteiger partial charge is 0.597 e. The Labute approximate surface area is 198 Å². The summed E-state index contributed by atoms with van der Waals surface area (Å²) in [5, 5.41) is 19.5. The molecule has 3 rings (SSSR count). The molecule has 0 amide bonds. The zero-order valence-electron chi connectivity index (χ0n) is 19.8. The van der Waals surface area contributed by atoms with E-state index in [1.807, 2.05) is 68.3 Å². The quantitative estimate of drug-likeness (QED) is 0.495. The summed E-state index contributed by atoms with van der Waals surface area (Å²) in [4.78, 5) is 18.3. The van der Waals surface area contributed by atoms with Crippen molar-refractivity contribution < 1.29 is 19.6 Å². The molecule has 33 heavy (non-hydrogen) atoms. The van der Waals surface area contributed by atoms with E-state index in [0.717, 1.165) is 22.3 Å². The van der Waals surface area contributed by atoms with Gasteiger partial charge in [0.1, 0.15) is 10.4 Å². The first-order chi connectivity index (χ1) is 15.5. The first-order valence-corrected chi connectivity index (χ1v) is 11.9. The predicted molar refractivity (Wildman–Crippen MR) is 130 cm³/mol. The number of fused-ring (bicyclic) bond motifs is 1. The van der Waals surface area contributed by atoms with Gasteiger partial charge < -0.3 is 14.8 Å². The number of aliphatic hydroxyl groups is 1. The van der Waals surface area contributed by atoms with Gasteiger partial charge in [0.25, 0.3) is 0 Å². The molecule has 0 saturated carbocycles. The molecule has 1 aliphatic rings. The molecule has 0 bridgehead atoms. The van der Waals surface area contributed by atoms with E-state index in [-0.39, 0.29) is 18.3 Å². The normalized spacial score (nSPS) is 16.9. The number of pyridine rings is 1. The van der Waals surface area contributed by atoms with Crippen LogP contribution < -0.4 is 0 Å². The van der Waals surface area contributed by atoms with Gasteiger partial charge in [-0.05, 0) is 65.0 Å². The van der Waals surface area contributed by atoms with Gasteiger partial charge in [-0.25, -0.2) is 9.78 Å². The second kappa shape index (κ2) is 10.2. The van der Waals surface area contributed by atoms with Crippen molar-refractivity contribution in [3.8, 4) is 23.1 Å². The van der Waals surface area contributed by atoms with Crippen molar-refractivity contribution in [3.63, 3.8) is 0 Å². The third kappa shape index (κ3) is 5.75. The Kier molecular flexibility index (Phi) is 7.83. The number of hydrogen-bond donors (Lipinski definition) is 2. The molecule has 1 aromatic carbocycles. The number of nitrogens with zero attached hydrogens (tertiary/aromatic N) is 3. The highest BCUT2D eigenvalue weighted by Crippen LogP contribution is 2.45. The average Bonchev–Trinajstić information content (AvgIpc) is 3.10. The van der Waals surface area contributed by atoms with E-state index in [0.29, 0.717) is 25.2 Å². The van der Waals surface area contributed by atoms with E-state index in [2.05, 4.69) is 16.8 Å². The highest BCUT2D eigenvalue weighted by atomic mass is 32.2. The maximum Gasteiger partial charge on any atom is 0.354 e. The highest BCUT2D eigenvalue weighted by molar-refractivity contribution is 7.90. The van der Waals surface area contributed by atoms with Crippen LogP contribution in [0.3, 0.4) is 0 Å². The molecule has 0 aliphatic carbocycles. The predicted octanol–water partition coefficient (Wildman–Crippen LogP) is 3.06. The second-order valence-electron chi connectivity index (χ2n) is 9.32. The summed E-state index contributed by atoms with van der Waals surface area (Å²) >= 11 is -1.35. The number of carbonyl (C=O) groups is 1. The van der Waals surface area contributed by atoms with Gasteiger partial charge in [0.2, 0.25) is 0 Å². The molecule has 1 aliphatic heterocycles. The summed E-state index contributed by atoms with van der Waals surface area (Å²) in [6.07, 6.45) is 0.373. The number of aliphatic hydroxyl groups excluding tert-OH is 1. The monoisotopic (exact) mass is 469 g/mol. The lowest BCUT2D eigenvalue weighted by molar-refractivity contribution is 0.0690. The SMILES string of the molecule is CN(C)CC#Cc1cccc(-c2nc(C(=O)O)cc3c2[C@@H](CCO)N([S@+]([O-])C(C)(C)C)C3)c1. The minimum Gasteiger partial charge on any atom is -0.597 e. The van der Waals surface area contributed by atoms with Crippen molar-refractivity contribution in [1.29, 1.82) is 0 Å². The van der Waals surface area contributed by atoms with Gasteiger partial charge in [-0.3, -0.25) is 4.90 Å². The van der Waals surface area contributed by atoms with Crippen LogP contribution in [-0.4, -0.2) is 66.9 Å². The van der Waals surface area contributed by atoms with E-state index in [1.165, 1.54) is 0 Å². The Balaban J connectivity index is 2.15. The van der Waals surface area contributed by atoms with Crippen molar-refractivity contribution >= 4 is 17.3 Å². The van der Waals surface area contributed by atoms with Crippen LogP contribution in [0.15, 0.2) is 30.3 Å². The first-order valence-electron chi connectivity index (χ1n) is 10.8. The summed E-state index contributed by atoms with van der Waals surface area (Å²) in [6.45, 7) is 6.58. The van der Waals surface area contributed by atoms with Crippen LogP contribution in [0.2, 0.25) is 0 Å². The minimum atomic E-state index is -1.35. The Hall–Kier alpha value is -2.41. The standard InChI is InChI=1S/C25H31N3O4S/c1-25(2,3)33(32)28-16-19-15-20(24(30)31)26-23(22(19)21(28)11-13-29)18-10-6-8-17(14-18)9-7-12-27(4)5/h6,8,10,14-15,21,29H,11-13,16H2,1-5H3,(H,30,31)/t21-,33-/m1/s1. The number of aromatic nitrogens is 1. The summed E-state index contributed by atoms with van der Waals surface area (Å²) in [7, 11) is 3.90. The van der Waals surface area contributed by atoms with Crippen LogP contribution in [-0.2, 0) is 17.9 Å². The van der Waals surface area contributed by atoms with Crippen LogP contribution in [0.25, 0.3) is 11.3 Å². The molecule has 8 heteroatoms. The van der Waals surface area contributed by atoms with Crippen LogP contribution in [0, 0.1) is 11.8 Å². The summed E-state index contributed by atoms with van der Waals surface area (Å²) in [5.74, 6) is 5.13. The fourth-order valence-corrected chi connectivity index (χ4v) is 5.24. The third-order valence-corrected chi connectivity index (χ3v) is 7.13. The number of benzene rings is 1. The molecular weight excluding hydrogens is 438 g/mol. The third-order valence-electron chi connectivity index (χ3n) is 5.27. The summed E-state index contributed by atoms with van der Waals surface area (Å²) < 4.78 is 14.7. The number of carboxylic acids is 1. The fraction of sp³-hybridized carbons (Fsp3) is 0.440. The molecule has 2 aromatic rings. The lowest BCUT2D eigenvalue weighted by atomic mass is 9.95. The van der Waals surface area contributed by atoms with Crippen molar-refractivity contribution in [1.82, 2.24) is 14.2 Å². The van der Waals surface area contributed by atoms with E-state index in [4.69, 9.17) is 0 Å². The number of rotatable bonds is 6. The van der Waals surface area contributed by atoms with E-state index < -0.39 is 22.1 Å². The molecule has 176 valence electrons. The van der Waals surface area contributed by atoms with Gasteiger partial charge in [-0.1, -0.05) is 24.0 Å². The number of aromatic carboxylic acids is 1. The van der Waals surface area contributed by atoms with Gasteiger partial charge >= 0.3 is 5.97 Å². The van der Waals surface area contributed by atoms with Crippen LogP contribution in [0.5, 0.6) is 0 Å². The molecule has 2 atom stereocenters. The second-order valence-corrected chi connectivity index (χ2v) is 11.5. The van der Waals surface area contributed by atoms with Crippen LogP contribution in [0.1, 0.15) is 60.4 Å². The van der Waals surface area contributed by atoms with Crippen molar-refractivity contribution in [3.05, 3.63) is 52.7 Å². The first kappa shape index (κ1) is 25.2. The molecule has 2 heterocycles. The molecule has 7 nitrogen and oxygen atoms in total. The zero-order chi connectivity index (χ0) is 24.3. The lowest BCUT2D eigenvalue weighted by Gasteiger charge is -2.33. The summed E-state index contributed by atoms with van der Waals surface area (Å²) in [5.41, 5.74) is 3.63. The van der Waals surface area contributed by atoms with Crippen molar-refractivity contribution in [2.45, 2.75) is 44.5 Å². The highest BCUT2D eigenvalue weighted by Gasteiger charge is 2.44. The number of hydrogen-bond acceptors (Lipinski definition) is 6. The molecule has 0 radical (unpaired) electrons. The molecule has 1 aromatic heterocycles. The van der Waals surface area contributed by atoms with E-state index >= 15 is 0 Å². The average molecular weight is 470 g/mol. The van der Waals surface area contributed by atoms with E-state index in [9.17, 15) is 19.6 Å². The van der Waals surface area contributed by atoms with E-state index in [1.54, 1.807) is 6.07 Å². The minimum absolute atomic E-state index is 0.0565. The Morgan fingerprint density at radius 1 is 1.33 bits per heavy atom. The van der Waals surface area contributed by atoms with Crippen molar-refractivity contribution in [2.24, 2.45) is 0 Å².